The second-order valence-electron chi connectivity index (χ2n) is 9.26. The highest BCUT2D eigenvalue weighted by Crippen LogP contribution is 2.31. The van der Waals surface area contributed by atoms with Crippen molar-refractivity contribution >= 4 is 11.8 Å². The van der Waals surface area contributed by atoms with Crippen molar-refractivity contribution in [2.24, 2.45) is 5.92 Å². The predicted octanol–water partition coefficient (Wildman–Crippen LogP) is 3.50. The van der Waals surface area contributed by atoms with Crippen molar-refractivity contribution in [2.75, 3.05) is 46.4 Å². The molecule has 1 saturated heterocycles. The summed E-state index contributed by atoms with van der Waals surface area (Å²) in [7, 11) is 1.69. The SMILES string of the molecule is CCCCc1ccc(C(=O)N2CCN(C(C(=O)NCCCOC)C3CCCC3)CC2)cc1. The lowest BCUT2D eigenvalue weighted by atomic mass is 9.95. The minimum atomic E-state index is -0.0739. The molecule has 0 bridgehead atoms. The van der Waals surface area contributed by atoms with Gasteiger partial charge in [0, 0.05) is 52.0 Å². The Kier molecular flexibility index (Phi) is 10.0. The fraction of sp³-hybridized carbons (Fsp3) is 0.692. The number of benzene rings is 1. The molecule has 2 aliphatic rings. The van der Waals surface area contributed by atoms with E-state index in [1.54, 1.807) is 7.11 Å². The molecule has 0 radical (unpaired) electrons. The number of nitrogens with one attached hydrogen (secondary N) is 1. The average Bonchev–Trinajstić information content (AvgIpc) is 3.35. The van der Waals surface area contributed by atoms with E-state index in [9.17, 15) is 9.59 Å². The van der Waals surface area contributed by atoms with E-state index in [2.05, 4.69) is 29.3 Å². The van der Waals surface area contributed by atoms with Crippen molar-refractivity contribution in [1.29, 1.82) is 0 Å². The molecule has 1 heterocycles. The van der Waals surface area contributed by atoms with Crippen molar-refractivity contribution in [3.05, 3.63) is 35.4 Å². The van der Waals surface area contributed by atoms with Crippen molar-refractivity contribution in [1.82, 2.24) is 15.1 Å². The van der Waals surface area contributed by atoms with E-state index in [0.717, 1.165) is 44.3 Å². The Bertz CT molecular complexity index is 708. The van der Waals surface area contributed by atoms with Crippen LogP contribution in [0.5, 0.6) is 0 Å². The molecular formula is C26H41N3O3. The summed E-state index contributed by atoms with van der Waals surface area (Å²) in [6, 6.07) is 8.03. The number of carbonyl (C=O) groups is 2. The molecule has 3 rings (SSSR count). The van der Waals surface area contributed by atoms with E-state index in [1.807, 2.05) is 17.0 Å². The van der Waals surface area contributed by atoms with Crippen LogP contribution in [0.15, 0.2) is 24.3 Å². The number of amides is 2. The Morgan fingerprint density at radius 3 is 2.38 bits per heavy atom. The fourth-order valence-corrected chi connectivity index (χ4v) is 5.06. The highest BCUT2D eigenvalue weighted by atomic mass is 16.5. The van der Waals surface area contributed by atoms with E-state index in [4.69, 9.17) is 4.74 Å². The van der Waals surface area contributed by atoms with E-state index in [-0.39, 0.29) is 17.9 Å². The van der Waals surface area contributed by atoms with Gasteiger partial charge in [-0.3, -0.25) is 14.5 Å². The normalized spacial score (nSPS) is 18.6. The molecule has 6 nitrogen and oxygen atoms in total. The van der Waals surface area contributed by atoms with E-state index in [0.29, 0.717) is 32.2 Å². The number of nitrogens with zero attached hydrogens (tertiary/aromatic N) is 2. The summed E-state index contributed by atoms with van der Waals surface area (Å²) in [5, 5.41) is 3.13. The standard InChI is InChI=1S/C26H41N3O3/c1-3-4-8-21-11-13-23(14-12-21)26(31)29-18-16-28(17-19-29)24(22-9-5-6-10-22)25(30)27-15-7-20-32-2/h11-14,22,24H,3-10,15-20H2,1-2H3,(H,27,30). The van der Waals surface area contributed by atoms with Crippen molar-refractivity contribution in [2.45, 2.75) is 64.3 Å². The van der Waals surface area contributed by atoms with Crippen LogP contribution < -0.4 is 5.32 Å². The maximum absolute atomic E-state index is 13.1. The lowest BCUT2D eigenvalue weighted by Crippen LogP contribution is -2.58. The first-order chi connectivity index (χ1) is 15.6. The summed E-state index contributed by atoms with van der Waals surface area (Å²) in [6.45, 7) is 6.38. The number of aryl methyl sites for hydroxylation is 1. The van der Waals surface area contributed by atoms with Crippen LogP contribution in [-0.4, -0.2) is 74.1 Å². The van der Waals surface area contributed by atoms with Gasteiger partial charge in [0.05, 0.1) is 6.04 Å². The minimum absolute atomic E-state index is 0.0739. The van der Waals surface area contributed by atoms with Gasteiger partial charge in [-0.05, 0) is 55.7 Å². The van der Waals surface area contributed by atoms with Gasteiger partial charge in [0.25, 0.3) is 5.91 Å². The Morgan fingerprint density at radius 1 is 1.06 bits per heavy atom. The van der Waals surface area contributed by atoms with Gasteiger partial charge in [-0.25, -0.2) is 0 Å². The van der Waals surface area contributed by atoms with Crippen LogP contribution in [0.2, 0.25) is 0 Å². The number of ether oxygens (including phenoxy) is 1. The first-order valence-electron chi connectivity index (χ1n) is 12.5. The zero-order chi connectivity index (χ0) is 22.8. The summed E-state index contributed by atoms with van der Waals surface area (Å²) in [5.74, 6) is 0.680. The largest absolute Gasteiger partial charge is 0.385 e. The summed E-state index contributed by atoms with van der Waals surface area (Å²) in [5.41, 5.74) is 2.06. The molecule has 0 aromatic heterocycles. The molecule has 6 heteroatoms. The van der Waals surface area contributed by atoms with Crippen LogP contribution in [0.1, 0.15) is 67.8 Å². The monoisotopic (exact) mass is 443 g/mol. The zero-order valence-corrected chi connectivity index (χ0v) is 20.0. The summed E-state index contributed by atoms with van der Waals surface area (Å²) < 4.78 is 5.10. The third kappa shape index (κ3) is 6.79. The molecule has 1 aromatic carbocycles. The topological polar surface area (TPSA) is 61.9 Å². The van der Waals surface area contributed by atoms with Crippen LogP contribution in [0.4, 0.5) is 0 Å². The highest BCUT2D eigenvalue weighted by molar-refractivity contribution is 5.94. The third-order valence-electron chi connectivity index (χ3n) is 6.95. The smallest absolute Gasteiger partial charge is 0.253 e. The molecule has 1 saturated carbocycles. The number of carbonyl (C=O) groups excluding carboxylic acids is 2. The molecule has 1 unspecified atom stereocenters. The molecule has 1 aliphatic carbocycles. The Balaban J connectivity index is 1.55. The molecule has 1 aromatic rings. The highest BCUT2D eigenvalue weighted by Gasteiger charge is 2.37. The lowest BCUT2D eigenvalue weighted by molar-refractivity contribution is -0.129. The van der Waals surface area contributed by atoms with Crippen LogP contribution in [0.25, 0.3) is 0 Å². The van der Waals surface area contributed by atoms with Gasteiger partial charge in [0.15, 0.2) is 0 Å². The maximum atomic E-state index is 13.1. The Morgan fingerprint density at radius 2 is 1.75 bits per heavy atom. The number of rotatable bonds is 11. The number of hydrogen-bond acceptors (Lipinski definition) is 4. The molecule has 1 aliphatic heterocycles. The fourth-order valence-electron chi connectivity index (χ4n) is 5.06. The van der Waals surface area contributed by atoms with Crippen molar-refractivity contribution < 1.29 is 14.3 Å². The van der Waals surface area contributed by atoms with Crippen LogP contribution in [0.3, 0.4) is 0 Å². The summed E-state index contributed by atoms with van der Waals surface area (Å²) in [4.78, 5) is 30.3. The Labute approximate surface area is 193 Å². The Hall–Kier alpha value is -1.92. The quantitative estimate of drug-likeness (QED) is 0.532. The van der Waals surface area contributed by atoms with Gasteiger partial charge < -0.3 is 15.0 Å². The van der Waals surface area contributed by atoms with Crippen LogP contribution in [-0.2, 0) is 16.0 Å². The van der Waals surface area contributed by atoms with Gasteiger partial charge >= 0.3 is 0 Å². The minimum Gasteiger partial charge on any atom is -0.385 e. The third-order valence-corrected chi connectivity index (χ3v) is 6.95. The molecule has 32 heavy (non-hydrogen) atoms. The van der Waals surface area contributed by atoms with Gasteiger partial charge in [-0.2, -0.15) is 0 Å². The lowest BCUT2D eigenvalue weighted by Gasteiger charge is -2.40. The molecule has 0 spiro atoms. The second-order valence-corrected chi connectivity index (χ2v) is 9.26. The van der Waals surface area contributed by atoms with Crippen LogP contribution >= 0.6 is 0 Å². The van der Waals surface area contributed by atoms with Crippen molar-refractivity contribution in [3.63, 3.8) is 0 Å². The summed E-state index contributed by atoms with van der Waals surface area (Å²) in [6.07, 6.45) is 8.93. The molecular weight excluding hydrogens is 402 g/mol. The molecule has 2 amide bonds. The van der Waals surface area contributed by atoms with E-state index >= 15 is 0 Å². The first-order valence-corrected chi connectivity index (χ1v) is 12.5. The van der Waals surface area contributed by atoms with Gasteiger partial charge in [-0.15, -0.1) is 0 Å². The maximum Gasteiger partial charge on any atom is 0.253 e. The van der Waals surface area contributed by atoms with Gasteiger partial charge in [-0.1, -0.05) is 38.3 Å². The van der Waals surface area contributed by atoms with Crippen molar-refractivity contribution in [3.8, 4) is 0 Å². The van der Waals surface area contributed by atoms with Crippen LogP contribution in [0, 0.1) is 5.92 Å². The average molecular weight is 444 g/mol. The van der Waals surface area contributed by atoms with E-state index < -0.39 is 0 Å². The van der Waals surface area contributed by atoms with E-state index in [1.165, 1.54) is 31.2 Å². The number of methoxy groups -OCH3 is 1. The number of unbranched alkanes of at least 4 members (excludes halogenated alkanes) is 1. The van der Waals surface area contributed by atoms with Gasteiger partial charge in [0.2, 0.25) is 5.91 Å². The molecule has 1 N–H and O–H groups in total. The second kappa shape index (κ2) is 12.9. The summed E-state index contributed by atoms with van der Waals surface area (Å²) >= 11 is 0. The predicted molar refractivity (Wildman–Crippen MR) is 128 cm³/mol. The molecule has 178 valence electrons. The molecule has 1 atom stereocenters. The molecule has 2 fully saturated rings. The first kappa shape index (κ1) is 24.7. The van der Waals surface area contributed by atoms with Gasteiger partial charge in [0.1, 0.15) is 0 Å². The number of hydrogen-bond donors (Lipinski definition) is 1. The number of piperazine rings is 1. The zero-order valence-electron chi connectivity index (χ0n) is 20.0.